The molecule has 23 heavy (non-hydrogen) atoms. The summed E-state index contributed by atoms with van der Waals surface area (Å²) >= 11 is 11.2. The number of nitrogens with zero attached hydrogens (tertiary/aromatic N) is 1. The van der Waals surface area contributed by atoms with Gasteiger partial charge in [-0.15, -0.1) is 0 Å². The number of phenolic OH excluding ortho intramolecular Hbond substituents is 2. The SMILES string of the molecule is CN(Cc1ccc(O)c(O)c1)C(=S)NCCc1ccc(Cl)cc1. The van der Waals surface area contributed by atoms with Gasteiger partial charge >= 0.3 is 0 Å². The lowest BCUT2D eigenvalue weighted by Crippen LogP contribution is -2.37. The molecule has 0 heterocycles. The Kier molecular flexibility index (Phi) is 6.07. The van der Waals surface area contributed by atoms with E-state index in [0.29, 0.717) is 11.7 Å². The Balaban J connectivity index is 1.80. The maximum atomic E-state index is 9.51. The van der Waals surface area contributed by atoms with E-state index >= 15 is 0 Å². The lowest BCUT2D eigenvalue weighted by atomic mass is 10.1. The molecule has 0 aliphatic carbocycles. The highest BCUT2D eigenvalue weighted by molar-refractivity contribution is 7.80. The van der Waals surface area contributed by atoms with Crippen LogP contribution in [0.1, 0.15) is 11.1 Å². The third-order valence-electron chi connectivity index (χ3n) is 3.41. The predicted octanol–water partition coefficient (Wildman–Crippen LogP) is 3.30. The van der Waals surface area contributed by atoms with Gasteiger partial charge in [-0.1, -0.05) is 29.8 Å². The molecular formula is C17H19ClN2O2S. The summed E-state index contributed by atoms with van der Waals surface area (Å²) in [7, 11) is 1.88. The third-order valence-corrected chi connectivity index (χ3v) is 4.12. The van der Waals surface area contributed by atoms with Crippen LogP contribution in [0, 0.1) is 0 Å². The first-order valence-corrected chi connectivity index (χ1v) is 7.98. The number of benzene rings is 2. The largest absolute Gasteiger partial charge is 0.504 e. The van der Waals surface area contributed by atoms with Gasteiger partial charge in [0.2, 0.25) is 0 Å². The van der Waals surface area contributed by atoms with Gasteiger partial charge in [-0.25, -0.2) is 0 Å². The molecule has 2 rings (SSSR count). The van der Waals surface area contributed by atoms with E-state index in [1.54, 1.807) is 6.07 Å². The minimum Gasteiger partial charge on any atom is -0.504 e. The van der Waals surface area contributed by atoms with Gasteiger partial charge in [-0.3, -0.25) is 0 Å². The molecular weight excluding hydrogens is 332 g/mol. The number of hydrogen-bond acceptors (Lipinski definition) is 3. The Morgan fingerprint density at radius 2 is 1.74 bits per heavy atom. The Bertz CT molecular complexity index is 677. The van der Waals surface area contributed by atoms with E-state index in [2.05, 4.69) is 5.32 Å². The molecule has 0 radical (unpaired) electrons. The summed E-state index contributed by atoms with van der Waals surface area (Å²) in [6.45, 7) is 1.27. The van der Waals surface area contributed by atoms with E-state index in [1.165, 1.54) is 17.7 Å². The summed E-state index contributed by atoms with van der Waals surface area (Å²) < 4.78 is 0. The number of phenols is 2. The van der Waals surface area contributed by atoms with Crippen molar-refractivity contribution < 1.29 is 10.2 Å². The van der Waals surface area contributed by atoms with Crippen molar-refractivity contribution in [2.75, 3.05) is 13.6 Å². The maximum Gasteiger partial charge on any atom is 0.168 e. The summed E-state index contributed by atoms with van der Waals surface area (Å²) in [5.41, 5.74) is 2.06. The molecule has 0 fully saturated rings. The highest BCUT2D eigenvalue weighted by Crippen LogP contribution is 2.25. The number of aromatic hydroxyl groups is 2. The molecule has 0 atom stereocenters. The second-order valence-electron chi connectivity index (χ2n) is 5.29. The van der Waals surface area contributed by atoms with Crippen LogP contribution in [0.15, 0.2) is 42.5 Å². The van der Waals surface area contributed by atoms with Gasteiger partial charge in [-0.05, 0) is 54.0 Å². The van der Waals surface area contributed by atoms with Gasteiger partial charge in [0, 0.05) is 25.2 Å². The fourth-order valence-electron chi connectivity index (χ4n) is 2.11. The molecule has 0 amide bonds. The van der Waals surface area contributed by atoms with Gasteiger partial charge < -0.3 is 20.4 Å². The second kappa shape index (κ2) is 8.04. The van der Waals surface area contributed by atoms with Crippen LogP contribution in [0.25, 0.3) is 0 Å². The van der Waals surface area contributed by atoms with Crippen LogP contribution in [-0.2, 0) is 13.0 Å². The molecule has 0 aliphatic rings. The molecule has 0 unspecified atom stereocenters. The molecule has 2 aromatic rings. The van der Waals surface area contributed by atoms with Crippen molar-refractivity contribution in [2.45, 2.75) is 13.0 Å². The monoisotopic (exact) mass is 350 g/mol. The predicted molar refractivity (Wildman–Crippen MR) is 97.0 cm³/mol. The van der Waals surface area contributed by atoms with Crippen LogP contribution in [0.2, 0.25) is 5.02 Å². The van der Waals surface area contributed by atoms with Crippen LogP contribution in [0.3, 0.4) is 0 Å². The molecule has 0 aliphatic heterocycles. The first-order chi connectivity index (χ1) is 11.0. The number of rotatable bonds is 5. The van der Waals surface area contributed by atoms with E-state index in [9.17, 15) is 10.2 Å². The Labute approximate surface area is 146 Å². The summed E-state index contributed by atoms with van der Waals surface area (Å²) in [4.78, 5) is 1.88. The summed E-state index contributed by atoms with van der Waals surface area (Å²) in [6, 6.07) is 12.5. The van der Waals surface area contributed by atoms with Gasteiger partial charge in [0.15, 0.2) is 16.6 Å². The lowest BCUT2D eigenvalue weighted by Gasteiger charge is -2.21. The van der Waals surface area contributed by atoms with E-state index < -0.39 is 0 Å². The molecule has 2 aromatic carbocycles. The quantitative estimate of drug-likeness (QED) is 0.570. The number of thiocarbonyl (C=S) groups is 1. The fraction of sp³-hybridized carbons (Fsp3) is 0.235. The van der Waals surface area contributed by atoms with Gasteiger partial charge in [0.05, 0.1) is 0 Å². The van der Waals surface area contributed by atoms with Crippen LogP contribution in [-0.4, -0.2) is 33.8 Å². The Hall–Kier alpha value is -1.98. The zero-order valence-electron chi connectivity index (χ0n) is 12.8. The van der Waals surface area contributed by atoms with Crippen LogP contribution >= 0.6 is 23.8 Å². The highest BCUT2D eigenvalue weighted by atomic mass is 35.5. The molecule has 122 valence electrons. The van der Waals surface area contributed by atoms with Crippen molar-refractivity contribution in [3.05, 3.63) is 58.6 Å². The molecule has 0 saturated carbocycles. The van der Waals surface area contributed by atoms with E-state index in [0.717, 1.165) is 23.6 Å². The molecule has 3 N–H and O–H groups in total. The maximum absolute atomic E-state index is 9.51. The van der Waals surface area contributed by atoms with Crippen LogP contribution in [0.5, 0.6) is 11.5 Å². The van der Waals surface area contributed by atoms with Crippen molar-refractivity contribution in [3.8, 4) is 11.5 Å². The number of halogens is 1. The molecule has 6 heteroatoms. The zero-order valence-corrected chi connectivity index (χ0v) is 14.4. The van der Waals surface area contributed by atoms with Crippen molar-refractivity contribution in [1.29, 1.82) is 0 Å². The smallest absolute Gasteiger partial charge is 0.168 e. The standard InChI is InChI=1S/C17H19ClN2O2S/c1-20(11-13-4-7-15(21)16(22)10-13)17(23)19-9-8-12-2-5-14(18)6-3-12/h2-7,10,21-22H,8-9,11H2,1H3,(H,19,23). The Morgan fingerprint density at radius 3 is 2.39 bits per heavy atom. The van der Waals surface area contributed by atoms with Crippen molar-refractivity contribution in [3.63, 3.8) is 0 Å². The molecule has 0 bridgehead atoms. The average molecular weight is 351 g/mol. The first-order valence-electron chi connectivity index (χ1n) is 7.20. The van der Waals surface area contributed by atoms with Gasteiger partial charge in [-0.2, -0.15) is 0 Å². The number of hydrogen-bond donors (Lipinski definition) is 3. The second-order valence-corrected chi connectivity index (χ2v) is 6.11. The summed E-state index contributed by atoms with van der Waals surface area (Å²) in [6.07, 6.45) is 0.852. The Morgan fingerprint density at radius 1 is 1.09 bits per heavy atom. The van der Waals surface area contributed by atoms with E-state index in [1.807, 2.05) is 36.2 Å². The summed E-state index contributed by atoms with van der Waals surface area (Å²) in [5.74, 6) is -0.252. The minimum absolute atomic E-state index is 0.125. The lowest BCUT2D eigenvalue weighted by molar-refractivity contribution is 0.401. The normalized spacial score (nSPS) is 10.3. The van der Waals surface area contributed by atoms with Gasteiger partial charge in [0.1, 0.15) is 0 Å². The van der Waals surface area contributed by atoms with E-state index in [4.69, 9.17) is 23.8 Å². The average Bonchev–Trinajstić information content (AvgIpc) is 2.52. The fourth-order valence-corrected chi connectivity index (χ4v) is 2.41. The van der Waals surface area contributed by atoms with Crippen molar-refractivity contribution in [2.24, 2.45) is 0 Å². The molecule has 0 spiro atoms. The van der Waals surface area contributed by atoms with E-state index in [-0.39, 0.29) is 11.5 Å². The topological polar surface area (TPSA) is 55.7 Å². The minimum atomic E-state index is -0.127. The molecule has 4 nitrogen and oxygen atoms in total. The first kappa shape index (κ1) is 17.4. The summed E-state index contributed by atoms with van der Waals surface area (Å²) in [5, 5.41) is 23.4. The highest BCUT2D eigenvalue weighted by Gasteiger charge is 2.07. The molecule has 0 aromatic heterocycles. The molecule has 0 saturated heterocycles. The van der Waals surface area contributed by atoms with Crippen molar-refractivity contribution in [1.82, 2.24) is 10.2 Å². The number of nitrogens with one attached hydrogen (secondary N) is 1. The third kappa shape index (κ3) is 5.30. The van der Waals surface area contributed by atoms with Crippen LogP contribution < -0.4 is 5.32 Å². The van der Waals surface area contributed by atoms with Gasteiger partial charge in [0.25, 0.3) is 0 Å². The van der Waals surface area contributed by atoms with Crippen molar-refractivity contribution >= 4 is 28.9 Å². The zero-order chi connectivity index (χ0) is 16.8. The van der Waals surface area contributed by atoms with Crippen LogP contribution in [0.4, 0.5) is 0 Å².